The van der Waals surface area contributed by atoms with Crippen molar-refractivity contribution in [3.63, 3.8) is 0 Å². The number of nitrogens with zero attached hydrogens (tertiary/aromatic N) is 4. The minimum absolute atomic E-state index is 0.0721. The van der Waals surface area contributed by atoms with Crippen LogP contribution >= 0.6 is 0 Å². The summed E-state index contributed by atoms with van der Waals surface area (Å²) in [6.45, 7) is 13.6. The van der Waals surface area contributed by atoms with Crippen LogP contribution in [0.1, 0.15) is 44.1 Å². The van der Waals surface area contributed by atoms with E-state index in [4.69, 9.17) is 4.52 Å². The van der Waals surface area contributed by atoms with E-state index in [-0.39, 0.29) is 16.7 Å². The fourth-order valence-corrected chi connectivity index (χ4v) is 6.28. The lowest BCUT2D eigenvalue weighted by atomic mass is 9.94. The molecule has 2 saturated heterocycles. The summed E-state index contributed by atoms with van der Waals surface area (Å²) in [4.78, 5) is 17.4. The summed E-state index contributed by atoms with van der Waals surface area (Å²) < 4.78 is 32.3. The highest BCUT2D eigenvalue weighted by molar-refractivity contribution is 7.89. The molecule has 0 aromatic carbocycles. The third-order valence-corrected chi connectivity index (χ3v) is 8.64. The predicted octanol–water partition coefficient (Wildman–Crippen LogP) is 1.23. The highest BCUT2D eigenvalue weighted by atomic mass is 32.2. The Morgan fingerprint density at radius 2 is 1.74 bits per heavy atom. The minimum Gasteiger partial charge on any atom is -0.360 e. The Bertz CT molecular complexity index is 805. The van der Waals surface area contributed by atoms with Crippen molar-refractivity contribution in [1.82, 2.24) is 24.6 Å². The number of piperazine rings is 1. The molecule has 10 heteroatoms. The van der Waals surface area contributed by atoms with E-state index in [0.29, 0.717) is 50.4 Å². The molecule has 0 bridgehead atoms. The predicted molar refractivity (Wildman–Crippen MR) is 118 cm³/mol. The summed E-state index contributed by atoms with van der Waals surface area (Å²) in [5.74, 6) is 0.618. The van der Waals surface area contributed by atoms with Gasteiger partial charge in [0.05, 0.1) is 0 Å². The molecule has 3 heterocycles. The van der Waals surface area contributed by atoms with Gasteiger partial charge in [-0.25, -0.2) is 8.42 Å². The number of amides is 1. The Kier molecular flexibility index (Phi) is 8.49. The minimum atomic E-state index is -3.60. The molecule has 1 N–H and O–H groups in total. The maximum atomic E-state index is 12.9. The first-order chi connectivity index (χ1) is 14.8. The second-order valence-electron chi connectivity index (χ2n) is 8.68. The van der Waals surface area contributed by atoms with Gasteiger partial charge in [-0.15, -0.1) is 0 Å². The molecule has 31 heavy (non-hydrogen) atoms. The molecule has 0 radical (unpaired) electrons. The van der Waals surface area contributed by atoms with Gasteiger partial charge >= 0.3 is 0 Å². The molecule has 176 valence electrons. The van der Waals surface area contributed by atoms with Gasteiger partial charge in [0, 0.05) is 52.2 Å². The number of likely N-dealkylation sites (N-methyl/N-ethyl adjacent to an activating group) is 1. The number of piperidine rings is 1. The third kappa shape index (κ3) is 6.27. The number of sulfonamides is 1. The van der Waals surface area contributed by atoms with Gasteiger partial charge in [-0.05, 0) is 52.1 Å². The number of aromatic nitrogens is 1. The van der Waals surface area contributed by atoms with Crippen LogP contribution in [0.25, 0.3) is 0 Å². The van der Waals surface area contributed by atoms with Crippen LogP contribution < -0.4 is 5.32 Å². The third-order valence-electron chi connectivity index (χ3n) is 6.50. The Balaban J connectivity index is 1.34. The van der Waals surface area contributed by atoms with Crippen LogP contribution in [0.4, 0.5) is 0 Å². The number of rotatable bonds is 9. The summed E-state index contributed by atoms with van der Waals surface area (Å²) in [7, 11) is -3.60. The molecular formula is C21H37N5O4S. The van der Waals surface area contributed by atoms with Crippen LogP contribution in [0.5, 0.6) is 0 Å². The number of aryl methyl sites for hydroxylation is 2. The van der Waals surface area contributed by atoms with Crippen LogP contribution in [0.3, 0.4) is 0 Å². The highest BCUT2D eigenvalue weighted by Gasteiger charge is 2.34. The van der Waals surface area contributed by atoms with Crippen molar-refractivity contribution in [1.29, 1.82) is 0 Å². The average Bonchev–Trinajstić information content (AvgIpc) is 3.11. The normalized spacial score (nSPS) is 20.2. The van der Waals surface area contributed by atoms with Crippen LogP contribution in [0.2, 0.25) is 0 Å². The van der Waals surface area contributed by atoms with Crippen molar-refractivity contribution in [2.24, 2.45) is 5.92 Å². The van der Waals surface area contributed by atoms with Gasteiger partial charge in [-0.1, -0.05) is 12.1 Å². The van der Waals surface area contributed by atoms with Crippen molar-refractivity contribution < 1.29 is 17.7 Å². The van der Waals surface area contributed by atoms with Crippen molar-refractivity contribution in [3.05, 3.63) is 11.5 Å². The van der Waals surface area contributed by atoms with E-state index in [0.717, 1.165) is 45.7 Å². The van der Waals surface area contributed by atoms with Gasteiger partial charge in [0.2, 0.25) is 15.9 Å². The number of carbonyl (C=O) groups is 1. The van der Waals surface area contributed by atoms with Gasteiger partial charge in [0.1, 0.15) is 10.6 Å². The maximum absolute atomic E-state index is 12.9. The first kappa shape index (κ1) is 24.2. The smallest absolute Gasteiger partial charge is 0.248 e. The molecule has 0 unspecified atom stereocenters. The van der Waals surface area contributed by atoms with E-state index in [1.54, 1.807) is 13.8 Å². The molecule has 0 saturated carbocycles. The standard InChI is InChI=1S/C21H37N5O4S/c1-4-24-12-14-25(15-13-24)9-5-8-22-20(27)16-19-6-10-26(11-7-19)31(28,29)21-17(2)23-30-18(21)3/h19H,4-16H2,1-3H3,(H,22,27). The van der Waals surface area contributed by atoms with Crippen LogP contribution in [-0.2, 0) is 14.8 Å². The zero-order chi connectivity index (χ0) is 22.4. The van der Waals surface area contributed by atoms with Crippen LogP contribution in [-0.4, -0.2) is 92.5 Å². The largest absolute Gasteiger partial charge is 0.360 e. The fourth-order valence-electron chi connectivity index (χ4n) is 4.52. The van der Waals surface area contributed by atoms with Crippen molar-refractivity contribution in [2.75, 3.05) is 58.9 Å². The summed E-state index contributed by atoms with van der Waals surface area (Å²) in [6, 6.07) is 0. The quantitative estimate of drug-likeness (QED) is 0.559. The molecule has 0 atom stereocenters. The number of nitrogens with one attached hydrogen (secondary N) is 1. The Morgan fingerprint density at radius 1 is 1.10 bits per heavy atom. The van der Waals surface area contributed by atoms with Crippen LogP contribution in [0.15, 0.2) is 9.42 Å². The molecule has 3 rings (SSSR count). The lowest BCUT2D eigenvalue weighted by molar-refractivity contribution is -0.122. The lowest BCUT2D eigenvalue weighted by Crippen LogP contribution is -2.46. The molecule has 1 aromatic rings. The molecule has 2 fully saturated rings. The molecule has 2 aliphatic heterocycles. The van der Waals surface area contributed by atoms with Crippen molar-refractivity contribution in [3.8, 4) is 0 Å². The second kappa shape index (κ2) is 10.9. The molecule has 0 aliphatic carbocycles. The van der Waals surface area contributed by atoms with Gasteiger partial charge in [-0.3, -0.25) is 4.79 Å². The fraction of sp³-hybridized carbons (Fsp3) is 0.810. The van der Waals surface area contributed by atoms with Gasteiger partial charge in [0.15, 0.2) is 5.76 Å². The average molecular weight is 456 g/mol. The maximum Gasteiger partial charge on any atom is 0.248 e. The van der Waals surface area contributed by atoms with E-state index >= 15 is 0 Å². The van der Waals surface area contributed by atoms with E-state index < -0.39 is 10.0 Å². The summed E-state index contributed by atoms with van der Waals surface area (Å²) >= 11 is 0. The SMILES string of the molecule is CCN1CCN(CCCNC(=O)CC2CCN(S(=O)(=O)c3c(C)noc3C)CC2)CC1. The van der Waals surface area contributed by atoms with E-state index in [1.807, 2.05) is 0 Å². The van der Waals surface area contributed by atoms with Crippen LogP contribution in [0, 0.1) is 19.8 Å². The Labute approximate surface area is 186 Å². The van der Waals surface area contributed by atoms with Crippen molar-refractivity contribution >= 4 is 15.9 Å². The summed E-state index contributed by atoms with van der Waals surface area (Å²) in [5, 5.41) is 6.80. The Morgan fingerprint density at radius 3 is 2.32 bits per heavy atom. The van der Waals surface area contributed by atoms with E-state index in [2.05, 4.69) is 27.2 Å². The molecule has 1 aromatic heterocycles. The van der Waals surface area contributed by atoms with Gasteiger partial charge < -0.3 is 19.6 Å². The molecule has 2 aliphatic rings. The van der Waals surface area contributed by atoms with Gasteiger partial charge in [0.25, 0.3) is 0 Å². The van der Waals surface area contributed by atoms with Crippen molar-refractivity contribution in [2.45, 2.75) is 51.3 Å². The second-order valence-corrected chi connectivity index (χ2v) is 10.6. The molecule has 0 spiro atoms. The zero-order valence-corrected chi connectivity index (χ0v) is 19.9. The summed E-state index contributed by atoms with van der Waals surface area (Å²) in [5.41, 5.74) is 0.395. The first-order valence-electron chi connectivity index (χ1n) is 11.5. The summed E-state index contributed by atoms with van der Waals surface area (Å²) in [6.07, 6.45) is 2.82. The number of hydrogen-bond donors (Lipinski definition) is 1. The first-order valence-corrected chi connectivity index (χ1v) is 12.9. The Hall–Kier alpha value is -1.49. The zero-order valence-electron chi connectivity index (χ0n) is 19.1. The molecule has 9 nitrogen and oxygen atoms in total. The highest BCUT2D eigenvalue weighted by Crippen LogP contribution is 2.28. The monoisotopic (exact) mass is 455 g/mol. The van der Waals surface area contributed by atoms with E-state index in [9.17, 15) is 13.2 Å². The number of carbonyl (C=O) groups excluding carboxylic acids is 1. The topological polar surface area (TPSA) is 99.0 Å². The molecule has 1 amide bonds. The number of hydrogen-bond acceptors (Lipinski definition) is 7. The van der Waals surface area contributed by atoms with E-state index in [1.165, 1.54) is 4.31 Å². The molecular weight excluding hydrogens is 418 g/mol. The van der Waals surface area contributed by atoms with Gasteiger partial charge in [-0.2, -0.15) is 4.31 Å². The lowest BCUT2D eigenvalue weighted by Gasteiger charge is -2.34.